The van der Waals surface area contributed by atoms with Crippen molar-refractivity contribution >= 4 is 32.9 Å². The molecule has 0 spiro atoms. The first-order valence-electron chi connectivity index (χ1n) is 6.61. The van der Waals surface area contributed by atoms with Gasteiger partial charge < -0.3 is 10.2 Å². The SMILES string of the molecule is CN1CCCC1CNc1ccc2scnc2c1[N+](=O)[O-]. The van der Waals surface area contributed by atoms with E-state index in [0.717, 1.165) is 24.2 Å². The molecule has 0 aliphatic carbocycles. The van der Waals surface area contributed by atoms with Crippen LogP contribution in [0.15, 0.2) is 17.6 Å². The number of rotatable bonds is 4. The zero-order valence-electron chi connectivity index (χ0n) is 11.2. The summed E-state index contributed by atoms with van der Waals surface area (Å²) >= 11 is 1.42. The van der Waals surface area contributed by atoms with Crippen LogP contribution in [0.5, 0.6) is 0 Å². The number of nitrogens with zero attached hydrogens (tertiary/aromatic N) is 3. The Kier molecular flexibility index (Phi) is 3.54. The second-order valence-corrected chi connectivity index (χ2v) is 5.96. The molecule has 3 rings (SSSR count). The van der Waals surface area contributed by atoms with Crippen LogP contribution in [0.25, 0.3) is 10.2 Å². The third-order valence-electron chi connectivity index (χ3n) is 3.86. The maximum absolute atomic E-state index is 11.3. The minimum Gasteiger partial charge on any atom is -0.378 e. The average Bonchev–Trinajstić information content (AvgIpc) is 3.03. The molecule has 0 radical (unpaired) electrons. The molecule has 106 valence electrons. The summed E-state index contributed by atoms with van der Waals surface area (Å²) in [7, 11) is 2.09. The Bertz CT molecular complexity index is 642. The highest BCUT2D eigenvalue weighted by Crippen LogP contribution is 2.34. The quantitative estimate of drug-likeness (QED) is 0.693. The lowest BCUT2D eigenvalue weighted by Gasteiger charge is -2.20. The van der Waals surface area contributed by atoms with Crippen molar-refractivity contribution in [3.8, 4) is 0 Å². The monoisotopic (exact) mass is 292 g/mol. The number of hydrogen-bond acceptors (Lipinski definition) is 6. The summed E-state index contributed by atoms with van der Waals surface area (Å²) in [5.41, 5.74) is 2.77. The van der Waals surface area contributed by atoms with Crippen LogP contribution in [-0.2, 0) is 0 Å². The molecule has 0 saturated carbocycles. The number of thiazole rings is 1. The van der Waals surface area contributed by atoms with Crippen molar-refractivity contribution in [2.24, 2.45) is 0 Å². The van der Waals surface area contributed by atoms with Crippen molar-refractivity contribution < 1.29 is 4.92 Å². The predicted molar refractivity (Wildman–Crippen MR) is 80.4 cm³/mol. The maximum Gasteiger partial charge on any atom is 0.319 e. The molecule has 1 aliphatic heterocycles. The molecule has 1 aromatic heterocycles. The number of benzene rings is 1. The van der Waals surface area contributed by atoms with Gasteiger partial charge in [-0.15, -0.1) is 11.3 Å². The summed E-state index contributed by atoms with van der Waals surface area (Å²) in [6, 6.07) is 4.12. The van der Waals surface area contributed by atoms with E-state index in [2.05, 4.69) is 22.2 Å². The van der Waals surface area contributed by atoms with Gasteiger partial charge in [-0.1, -0.05) is 0 Å². The molecule has 20 heavy (non-hydrogen) atoms. The molecule has 2 heterocycles. The summed E-state index contributed by atoms with van der Waals surface area (Å²) in [5.74, 6) is 0. The fourth-order valence-electron chi connectivity index (χ4n) is 2.71. The Morgan fingerprint density at radius 1 is 1.60 bits per heavy atom. The zero-order chi connectivity index (χ0) is 14.1. The number of nitro benzene ring substituents is 1. The predicted octanol–water partition coefficient (Wildman–Crippen LogP) is 2.71. The number of nitrogens with one attached hydrogen (secondary N) is 1. The molecule has 1 N–H and O–H groups in total. The van der Waals surface area contributed by atoms with E-state index in [1.54, 1.807) is 11.6 Å². The molecule has 1 atom stereocenters. The molecule has 2 aromatic rings. The number of likely N-dealkylation sites (tertiary alicyclic amines) is 1. The second-order valence-electron chi connectivity index (χ2n) is 5.08. The highest BCUT2D eigenvalue weighted by molar-refractivity contribution is 7.16. The fraction of sp³-hybridized carbons (Fsp3) is 0.462. The third-order valence-corrected chi connectivity index (χ3v) is 4.65. The van der Waals surface area contributed by atoms with E-state index in [0.29, 0.717) is 17.2 Å². The number of nitro groups is 1. The van der Waals surface area contributed by atoms with Crippen molar-refractivity contribution in [1.29, 1.82) is 0 Å². The number of fused-ring (bicyclic) bond motifs is 1. The Hall–Kier alpha value is -1.73. The topological polar surface area (TPSA) is 71.3 Å². The van der Waals surface area contributed by atoms with Gasteiger partial charge in [-0.05, 0) is 38.6 Å². The third kappa shape index (κ3) is 2.34. The normalized spacial score (nSPS) is 19.6. The van der Waals surface area contributed by atoms with Crippen molar-refractivity contribution in [2.75, 3.05) is 25.5 Å². The molecule has 1 saturated heterocycles. The standard InChI is InChI=1S/C13H16N4O2S/c1-16-6-2-3-9(16)7-14-10-4-5-11-12(15-8-20-11)13(10)17(18)19/h4-5,8-9,14H,2-3,6-7H2,1H3. The lowest BCUT2D eigenvalue weighted by atomic mass is 10.2. The molecule has 7 heteroatoms. The van der Waals surface area contributed by atoms with Crippen LogP contribution in [0, 0.1) is 10.1 Å². The van der Waals surface area contributed by atoms with Crippen molar-refractivity contribution in [1.82, 2.24) is 9.88 Å². The number of likely N-dealkylation sites (N-methyl/N-ethyl adjacent to an activating group) is 1. The van der Waals surface area contributed by atoms with E-state index in [-0.39, 0.29) is 10.6 Å². The first kappa shape index (κ1) is 13.3. The summed E-state index contributed by atoms with van der Waals surface area (Å²) in [6.07, 6.45) is 2.33. The van der Waals surface area contributed by atoms with E-state index in [1.165, 1.54) is 17.8 Å². The largest absolute Gasteiger partial charge is 0.378 e. The first-order chi connectivity index (χ1) is 9.66. The van der Waals surface area contributed by atoms with Crippen molar-refractivity contribution in [2.45, 2.75) is 18.9 Å². The summed E-state index contributed by atoms with van der Waals surface area (Å²) < 4.78 is 0.847. The molecule has 6 nitrogen and oxygen atoms in total. The lowest BCUT2D eigenvalue weighted by molar-refractivity contribution is -0.382. The van der Waals surface area contributed by atoms with Crippen LogP contribution in [0.1, 0.15) is 12.8 Å². The van der Waals surface area contributed by atoms with Gasteiger partial charge in [-0.2, -0.15) is 0 Å². The zero-order valence-corrected chi connectivity index (χ0v) is 12.0. The van der Waals surface area contributed by atoms with Crippen molar-refractivity contribution in [3.05, 3.63) is 27.8 Å². The van der Waals surface area contributed by atoms with Crippen LogP contribution >= 0.6 is 11.3 Å². The van der Waals surface area contributed by atoms with Gasteiger partial charge in [0.25, 0.3) is 0 Å². The Morgan fingerprint density at radius 3 is 3.15 bits per heavy atom. The number of hydrogen-bond donors (Lipinski definition) is 1. The van der Waals surface area contributed by atoms with Gasteiger partial charge >= 0.3 is 5.69 Å². The smallest absolute Gasteiger partial charge is 0.319 e. The van der Waals surface area contributed by atoms with Gasteiger partial charge in [-0.3, -0.25) is 10.1 Å². The van der Waals surface area contributed by atoms with E-state index in [1.807, 2.05) is 6.07 Å². The van der Waals surface area contributed by atoms with Gasteiger partial charge in [0.15, 0.2) is 5.52 Å². The second kappa shape index (κ2) is 5.34. The molecule has 0 bridgehead atoms. The van der Waals surface area contributed by atoms with E-state index in [4.69, 9.17) is 0 Å². The Morgan fingerprint density at radius 2 is 2.45 bits per heavy atom. The van der Waals surface area contributed by atoms with Crippen LogP contribution in [-0.4, -0.2) is 41.0 Å². The number of aromatic nitrogens is 1. The summed E-state index contributed by atoms with van der Waals surface area (Å²) in [5, 5.41) is 14.5. The Balaban J connectivity index is 1.86. The first-order valence-corrected chi connectivity index (χ1v) is 7.49. The van der Waals surface area contributed by atoms with Crippen molar-refractivity contribution in [3.63, 3.8) is 0 Å². The minimum atomic E-state index is -0.344. The van der Waals surface area contributed by atoms with Gasteiger partial charge in [-0.25, -0.2) is 4.98 Å². The van der Waals surface area contributed by atoms with E-state index < -0.39 is 0 Å². The van der Waals surface area contributed by atoms with E-state index in [9.17, 15) is 10.1 Å². The minimum absolute atomic E-state index is 0.0874. The lowest BCUT2D eigenvalue weighted by Crippen LogP contribution is -2.31. The average molecular weight is 292 g/mol. The van der Waals surface area contributed by atoms with Crippen LogP contribution < -0.4 is 5.32 Å². The molecule has 1 aliphatic rings. The molecular formula is C13H16N4O2S. The maximum atomic E-state index is 11.3. The summed E-state index contributed by atoms with van der Waals surface area (Å²) in [6.45, 7) is 1.83. The Labute approximate surface area is 120 Å². The molecule has 1 fully saturated rings. The molecule has 1 unspecified atom stereocenters. The van der Waals surface area contributed by atoms with Crippen LogP contribution in [0.3, 0.4) is 0 Å². The van der Waals surface area contributed by atoms with Crippen LogP contribution in [0.2, 0.25) is 0 Å². The highest BCUT2D eigenvalue weighted by Gasteiger charge is 2.24. The van der Waals surface area contributed by atoms with Gasteiger partial charge in [0.1, 0.15) is 5.69 Å². The van der Waals surface area contributed by atoms with E-state index >= 15 is 0 Å². The summed E-state index contributed by atoms with van der Waals surface area (Å²) in [4.78, 5) is 17.4. The molecular weight excluding hydrogens is 276 g/mol. The van der Waals surface area contributed by atoms with Gasteiger partial charge in [0.05, 0.1) is 15.1 Å². The molecule has 1 aromatic carbocycles. The van der Waals surface area contributed by atoms with Gasteiger partial charge in [0.2, 0.25) is 0 Å². The molecule has 0 amide bonds. The van der Waals surface area contributed by atoms with Gasteiger partial charge in [0, 0.05) is 12.6 Å². The number of anilines is 1. The highest BCUT2D eigenvalue weighted by atomic mass is 32.1. The fourth-order valence-corrected chi connectivity index (χ4v) is 3.39. The van der Waals surface area contributed by atoms with Crippen LogP contribution in [0.4, 0.5) is 11.4 Å².